The molecule has 1 aromatic rings. The molecule has 10 N–H and O–H groups in total. The third-order valence-electron chi connectivity index (χ3n) is 3.61. The standard InChI is InChI=1S/C15H23N7O7/c16-8(5-23)13(26)19-4-12(25)21-9(1-7-3-18-6-20-7)14(27)22-10(15(28)29)2-11(17)24/h3,6,8-10,23H,1-2,4-5,16H2,(H2,17,24)(H,18,20)(H,19,26)(H,21,25)(H,22,27)(H,28,29). The Morgan fingerprint density at radius 2 is 1.83 bits per heavy atom. The summed E-state index contributed by atoms with van der Waals surface area (Å²) in [5.41, 5.74) is 10.7. The number of aliphatic carboxylic acids is 1. The molecular weight excluding hydrogens is 390 g/mol. The van der Waals surface area contributed by atoms with Gasteiger partial charge in [0.05, 0.1) is 25.9 Å². The highest BCUT2D eigenvalue weighted by Crippen LogP contribution is 2.01. The lowest BCUT2D eigenvalue weighted by atomic mass is 10.1. The molecule has 1 heterocycles. The maximum Gasteiger partial charge on any atom is 0.326 e. The van der Waals surface area contributed by atoms with Gasteiger partial charge in [-0.3, -0.25) is 19.2 Å². The number of rotatable bonds is 12. The molecule has 3 unspecified atom stereocenters. The maximum atomic E-state index is 12.5. The van der Waals surface area contributed by atoms with Gasteiger partial charge in [-0.05, 0) is 0 Å². The lowest BCUT2D eigenvalue weighted by molar-refractivity contribution is -0.143. The van der Waals surface area contributed by atoms with Crippen LogP contribution in [0.2, 0.25) is 0 Å². The van der Waals surface area contributed by atoms with Crippen molar-refractivity contribution in [2.45, 2.75) is 31.0 Å². The van der Waals surface area contributed by atoms with Crippen LogP contribution in [0.4, 0.5) is 0 Å². The smallest absolute Gasteiger partial charge is 0.326 e. The number of carbonyl (C=O) groups is 5. The first kappa shape index (κ1) is 23.5. The van der Waals surface area contributed by atoms with E-state index >= 15 is 0 Å². The van der Waals surface area contributed by atoms with Crippen LogP contribution in [0.25, 0.3) is 0 Å². The van der Waals surface area contributed by atoms with Crippen LogP contribution in [0.3, 0.4) is 0 Å². The van der Waals surface area contributed by atoms with Crippen LogP contribution in [0.5, 0.6) is 0 Å². The molecule has 0 spiro atoms. The Labute approximate surface area is 164 Å². The van der Waals surface area contributed by atoms with Gasteiger partial charge in [0.15, 0.2) is 0 Å². The Bertz CT molecular complexity index is 737. The number of aliphatic hydroxyl groups is 1. The number of aromatic nitrogens is 2. The summed E-state index contributed by atoms with van der Waals surface area (Å²) in [6, 6.07) is -4.04. The molecule has 0 aromatic carbocycles. The van der Waals surface area contributed by atoms with Crippen molar-refractivity contribution in [2.75, 3.05) is 13.2 Å². The fourth-order valence-electron chi connectivity index (χ4n) is 2.13. The Morgan fingerprint density at radius 3 is 2.34 bits per heavy atom. The molecule has 0 saturated carbocycles. The second kappa shape index (κ2) is 11.4. The number of nitrogens with two attached hydrogens (primary N) is 2. The second-order valence-electron chi connectivity index (χ2n) is 5.98. The topological polar surface area (TPSA) is 243 Å². The summed E-state index contributed by atoms with van der Waals surface area (Å²) < 4.78 is 0. The third-order valence-corrected chi connectivity index (χ3v) is 3.61. The number of hydrogen-bond donors (Lipinski definition) is 8. The van der Waals surface area contributed by atoms with Crippen molar-refractivity contribution in [1.82, 2.24) is 25.9 Å². The molecular formula is C15H23N7O7. The number of hydrogen-bond acceptors (Lipinski definition) is 8. The number of carbonyl (C=O) groups excluding carboxylic acids is 4. The van der Waals surface area contributed by atoms with E-state index in [0.29, 0.717) is 5.69 Å². The molecule has 1 aromatic heterocycles. The molecule has 160 valence electrons. The Morgan fingerprint density at radius 1 is 1.14 bits per heavy atom. The van der Waals surface area contributed by atoms with Gasteiger partial charge in [0.25, 0.3) is 0 Å². The van der Waals surface area contributed by atoms with Gasteiger partial charge in [0.1, 0.15) is 18.1 Å². The van der Waals surface area contributed by atoms with Crippen molar-refractivity contribution in [3.63, 3.8) is 0 Å². The molecule has 3 atom stereocenters. The van der Waals surface area contributed by atoms with E-state index in [4.69, 9.17) is 21.7 Å². The van der Waals surface area contributed by atoms with Crippen molar-refractivity contribution in [1.29, 1.82) is 0 Å². The van der Waals surface area contributed by atoms with Gasteiger partial charge in [-0.1, -0.05) is 0 Å². The predicted octanol–water partition coefficient (Wildman–Crippen LogP) is -4.68. The molecule has 29 heavy (non-hydrogen) atoms. The zero-order valence-corrected chi connectivity index (χ0v) is 15.3. The van der Waals surface area contributed by atoms with Crippen LogP contribution >= 0.6 is 0 Å². The molecule has 0 radical (unpaired) electrons. The fourth-order valence-corrected chi connectivity index (χ4v) is 2.13. The summed E-state index contributed by atoms with van der Waals surface area (Å²) in [5.74, 6) is -4.85. The highest BCUT2D eigenvalue weighted by molar-refractivity contribution is 5.93. The molecule has 0 saturated heterocycles. The zero-order valence-electron chi connectivity index (χ0n) is 15.3. The third kappa shape index (κ3) is 8.35. The zero-order chi connectivity index (χ0) is 22.0. The van der Waals surface area contributed by atoms with Crippen LogP contribution in [-0.2, 0) is 30.4 Å². The van der Waals surface area contributed by atoms with Gasteiger partial charge in [-0.15, -0.1) is 0 Å². The quantitative estimate of drug-likeness (QED) is 0.164. The predicted molar refractivity (Wildman–Crippen MR) is 95.7 cm³/mol. The average Bonchev–Trinajstić information content (AvgIpc) is 3.16. The Hall–Kier alpha value is -3.52. The van der Waals surface area contributed by atoms with Gasteiger partial charge in [0, 0.05) is 18.3 Å². The van der Waals surface area contributed by atoms with Gasteiger partial charge >= 0.3 is 5.97 Å². The Balaban J connectivity index is 2.80. The van der Waals surface area contributed by atoms with E-state index in [-0.39, 0.29) is 6.42 Å². The van der Waals surface area contributed by atoms with E-state index in [1.807, 2.05) is 0 Å². The molecule has 14 heteroatoms. The van der Waals surface area contributed by atoms with Gasteiger partial charge in [-0.2, -0.15) is 0 Å². The first-order chi connectivity index (χ1) is 13.6. The van der Waals surface area contributed by atoms with E-state index in [1.165, 1.54) is 12.5 Å². The largest absolute Gasteiger partial charge is 0.480 e. The molecule has 1 rings (SSSR count). The van der Waals surface area contributed by atoms with E-state index in [2.05, 4.69) is 25.9 Å². The lowest BCUT2D eigenvalue weighted by Gasteiger charge is -2.21. The highest BCUT2D eigenvalue weighted by Gasteiger charge is 2.28. The van der Waals surface area contributed by atoms with E-state index in [1.54, 1.807) is 0 Å². The molecule has 0 fully saturated rings. The van der Waals surface area contributed by atoms with Crippen LogP contribution in [0.15, 0.2) is 12.5 Å². The normalized spacial score (nSPS) is 13.6. The van der Waals surface area contributed by atoms with E-state index < -0.39 is 67.3 Å². The van der Waals surface area contributed by atoms with Crippen LogP contribution in [-0.4, -0.2) is 81.1 Å². The Kier molecular flexibility index (Phi) is 9.21. The minimum Gasteiger partial charge on any atom is -0.480 e. The SMILES string of the molecule is NC(=O)CC(NC(=O)C(Cc1cnc[nH]1)NC(=O)CNC(=O)C(N)CO)C(=O)O. The highest BCUT2D eigenvalue weighted by atomic mass is 16.4. The number of amides is 4. The molecule has 0 aliphatic carbocycles. The number of nitrogens with one attached hydrogen (secondary N) is 4. The summed E-state index contributed by atoms with van der Waals surface area (Å²) in [4.78, 5) is 64.7. The first-order valence-electron chi connectivity index (χ1n) is 8.36. The summed E-state index contributed by atoms with van der Waals surface area (Å²) in [7, 11) is 0. The minimum atomic E-state index is -1.58. The molecule has 0 aliphatic heterocycles. The molecule has 14 nitrogen and oxygen atoms in total. The molecule has 0 bridgehead atoms. The summed E-state index contributed by atoms with van der Waals surface area (Å²) >= 11 is 0. The van der Waals surface area contributed by atoms with Crippen molar-refractivity contribution >= 4 is 29.6 Å². The number of aliphatic hydroxyl groups excluding tert-OH is 1. The van der Waals surface area contributed by atoms with Crippen LogP contribution in [0, 0.1) is 0 Å². The monoisotopic (exact) mass is 413 g/mol. The molecule has 0 aliphatic rings. The minimum absolute atomic E-state index is 0.0788. The average molecular weight is 413 g/mol. The van der Waals surface area contributed by atoms with Crippen molar-refractivity contribution < 1.29 is 34.2 Å². The van der Waals surface area contributed by atoms with Crippen LogP contribution in [0.1, 0.15) is 12.1 Å². The lowest BCUT2D eigenvalue weighted by Crippen LogP contribution is -2.55. The van der Waals surface area contributed by atoms with Crippen molar-refractivity contribution in [2.24, 2.45) is 11.5 Å². The number of nitrogens with zero attached hydrogens (tertiary/aromatic N) is 1. The number of aromatic amines is 1. The molecule has 4 amide bonds. The number of carboxylic acids is 1. The first-order valence-corrected chi connectivity index (χ1v) is 8.36. The van der Waals surface area contributed by atoms with Gasteiger partial charge in [0.2, 0.25) is 23.6 Å². The number of carboxylic acid groups (broad SMARTS) is 1. The van der Waals surface area contributed by atoms with E-state index in [9.17, 15) is 24.0 Å². The fraction of sp³-hybridized carbons (Fsp3) is 0.467. The van der Waals surface area contributed by atoms with Crippen molar-refractivity contribution in [3.8, 4) is 0 Å². The van der Waals surface area contributed by atoms with Crippen molar-refractivity contribution in [3.05, 3.63) is 18.2 Å². The summed E-state index contributed by atoms with van der Waals surface area (Å²) in [5, 5.41) is 24.5. The maximum absolute atomic E-state index is 12.5. The summed E-state index contributed by atoms with van der Waals surface area (Å²) in [6.45, 7) is -1.16. The van der Waals surface area contributed by atoms with Gasteiger partial charge in [-0.25, -0.2) is 9.78 Å². The van der Waals surface area contributed by atoms with E-state index in [0.717, 1.165) is 0 Å². The number of primary amides is 1. The number of imidazole rings is 1. The number of H-pyrrole nitrogens is 1. The summed E-state index contributed by atoms with van der Waals surface area (Å²) in [6.07, 6.45) is 2.02. The second-order valence-corrected chi connectivity index (χ2v) is 5.98. The van der Waals surface area contributed by atoms with Gasteiger partial charge < -0.3 is 42.6 Å². The van der Waals surface area contributed by atoms with Crippen LogP contribution < -0.4 is 27.4 Å².